The quantitative estimate of drug-likeness (QED) is 0.756. The molecule has 21 heavy (non-hydrogen) atoms. The number of aromatic nitrogens is 1. The molecule has 0 aliphatic heterocycles. The lowest BCUT2D eigenvalue weighted by Gasteiger charge is -2.12. The van der Waals surface area contributed by atoms with Crippen LogP contribution in [-0.4, -0.2) is 10.1 Å². The summed E-state index contributed by atoms with van der Waals surface area (Å²) in [5, 5.41) is 10.5. The average Bonchev–Trinajstić information content (AvgIpc) is 2.55. The van der Waals surface area contributed by atoms with Gasteiger partial charge in [0.05, 0.1) is 11.4 Å². The first-order valence-electron chi connectivity index (χ1n) is 6.70. The lowest BCUT2D eigenvalue weighted by molar-refractivity contribution is 0.215. The van der Waals surface area contributed by atoms with E-state index in [4.69, 9.17) is 0 Å². The fraction of sp³-hybridized carbons (Fsp3) is 0.0556. The Bertz CT molecular complexity index is 743. The van der Waals surface area contributed by atoms with Crippen molar-refractivity contribution >= 4 is 15.9 Å². The Morgan fingerprint density at radius 3 is 2.38 bits per heavy atom. The summed E-state index contributed by atoms with van der Waals surface area (Å²) in [5.41, 5.74) is 3.37. The summed E-state index contributed by atoms with van der Waals surface area (Å²) in [6.45, 7) is 0. The lowest BCUT2D eigenvalue weighted by Crippen LogP contribution is -2.03. The highest BCUT2D eigenvalue weighted by molar-refractivity contribution is 9.10. The van der Waals surface area contributed by atoms with E-state index in [9.17, 15) is 5.11 Å². The third-order valence-corrected chi connectivity index (χ3v) is 3.78. The number of pyridine rings is 1. The first-order valence-corrected chi connectivity index (χ1v) is 7.49. The number of aliphatic hydroxyl groups is 1. The van der Waals surface area contributed by atoms with Crippen molar-refractivity contribution in [3.8, 4) is 11.3 Å². The van der Waals surface area contributed by atoms with Crippen molar-refractivity contribution < 1.29 is 5.11 Å². The van der Waals surface area contributed by atoms with Crippen molar-refractivity contribution in [3.05, 3.63) is 88.5 Å². The molecule has 1 aromatic heterocycles. The van der Waals surface area contributed by atoms with Crippen LogP contribution in [0, 0.1) is 0 Å². The molecule has 2 nitrogen and oxygen atoms in total. The molecule has 3 rings (SSSR count). The third kappa shape index (κ3) is 3.20. The average molecular weight is 340 g/mol. The van der Waals surface area contributed by atoms with Crippen LogP contribution in [0.4, 0.5) is 0 Å². The molecule has 2 aromatic carbocycles. The van der Waals surface area contributed by atoms with E-state index in [0.717, 1.165) is 21.3 Å². The lowest BCUT2D eigenvalue weighted by atomic mass is 10.0. The van der Waals surface area contributed by atoms with E-state index >= 15 is 0 Å². The molecule has 0 aliphatic rings. The SMILES string of the molecule is OC(c1cccc(Br)c1)c1cccc(-c2ccccc2)n1. The number of rotatable bonds is 3. The Balaban J connectivity index is 1.96. The van der Waals surface area contributed by atoms with E-state index in [1.165, 1.54) is 0 Å². The Morgan fingerprint density at radius 2 is 1.62 bits per heavy atom. The van der Waals surface area contributed by atoms with E-state index < -0.39 is 6.10 Å². The van der Waals surface area contributed by atoms with Gasteiger partial charge in [-0.1, -0.05) is 64.5 Å². The van der Waals surface area contributed by atoms with Gasteiger partial charge in [0, 0.05) is 10.0 Å². The molecule has 1 unspecified atom stereocenters. The maximum absolute atomic E-state index is 10.5. The van der Waals surface area contributed by atoms with Gasteiger partial charge >= 0.3 is 0 Å². The van der Waals surface area contributed by atoms with Crippen molar-refractivity contribution in [2.75, 3.05) is 0 Å². The number of hydrogen-bond acceptors (Lipinski definition) is 2. The van der Waals surface area contributed by atoms with Crippen molar-refractivity contribution in [2.45, 2.75) is 6.10 Å². The summed E-state index contributed by atoms with van der Waals surface area (Å²) < 4.78 is 0.943. The third-order valence-electron chi connectivity index (χ3n) is 3.28. The molecule has 1 atom stereocenters. The molecule has 0 saturated carbocycles. The first-order chi connectivity index (χ1) is 10.2. The molecule has 0 spiro atoms. The zero-order chi connectivity index (χ0) is 14.7. The monoisotopic (exact) mass is 339 g/mol. The summed E-state index contributed by atoms with van der Waals surface area (Å²) in [6, 6.07) is 23.3. The van der Waals surface area contributed by atoms with Crippen LogP contribution in [0.5, 0.6) is 0 Å². The second kappa shape index (κ2) is 6.20. The zero-order valence-corrected chi connectivity index (χ0v) is 12.9. The minimum Gasteiger partial charge on any atom is -0.382 e. The fourth-order valence-corrected chi connectivity index (χ4v) is 2.64. The van der Waals surface area contributed by atoms with Gasteiger partial charge in [0.1, 0.15) is 6.10 Å². The highest BCUT2D eigenvalue weighted by Crippen LogP contribution is 2.25. The van der Waals surface area contributed by atoms with Gasteiger partial charge in [-0.05, 0) is 29.8 Å². The molecule has 1 N–H and O–H groups in total. The molecule has 0 radical (unpaired) electrons. The Morgan fingerprint density at radius 1 is 0.857 bits per heavy atom. The normalized spacial score (nSPS) is 12.1. The predicted molar refractivity (Wildman–Crippen MR) is 87.9 cm³/mol. The number of hydrogen-bond donors (Lipinski definition) is 1. The fourth-order valence-electron chi connectivity index (χ4n) is 2.22. The van der Waals surface area contributed by atoms with Gasteiger partial charge < -0.3 is 5.11 Å². The summed E-state index contributed by atoms with van der Waals surface area (Å²) in [5.74, 6) is 0. The van der Waals surface area contributed by atoms with Crippen LogP contribution in [0.25, 0.3) is 11.3 Å². The second-order valence-corrected chi connectivity index (χ2v) is 5.69. The van der Waals surface area contributed by atoms with Crippen LogP contribution in [0.3, 0.4) is 0 Å². The number of benzene rings is 2. The van der Waals surface area contributed by atoms with Crippen LogP contribution in [0.1, 0.15) is 17.4 Å². The molecule has 0 bridgehead atoms. The van der Waals surface area contributed by atoms with E-state index in [0.29, 0.717) is 5.69 Å². The van der Waals surface area contributed by atoms with E-state index in [2.05, 4.69) is 20.9 Å². The topological polar surface area (TPSA) is 33.1 Å². The minimum absolute atomic E-state index is 0.648. The summed E-state index contributed by atoms with van der Waals surface area (Å²) in [7, 11) is 0. The standard InChI is InChI=1S/C18H14BrNO/c19-15-9-4-8-14(12-15)18(21)17-11-5-10-16(20-17)13-6-2-1-3-7-13/h1-12,18,21H. The van der Waals surface area contributed by atoms with E-state index in [1.807, 2.05) is 72.8 Å². The largest absolute Gasteiger partial charge is 0.382 e. The van der Waals surface area contributed by atoms with Gasteiger partial charge in [0.25, 0.3) is 0 Å². The van der Waals surface area contributed by atoms with Gasteiger partial charge in [-0.25, -0.2) is 4.98 Å². The molecule has 0 amide bonds. The number of nitrogens with zero attached hydrogens (tertiary/aromatic N) is 1. The van der Waals surface area contributed by atoms with Gasteiger partial charge in [0.2, 0.25) is 0 Å². The van der Waals surface area contributed by atoms with Gasteiger partial charge in [-0.15, -0.1) is 0 Å². The van der Waals surface area contributed by atoms with Crippen molar-refractivity contribution in [2.24, 2.45) is 0 Å². The predicted octanol–water partition coefficient (Wildman–Crippen LogP) is 4.59. The highest BCUT2D eigenvalue weighted by Gasteiger charge is 2.13. The maximum atomic E-state index is 10.5. The Kier molecular flexibility index (Phi) is 4.13. The molecular weight excluding hydrogens is 326 g/mol. The molecule has 0 fully saturated rings. The van der Waals surface area contributed by atoms with Crippen LogP contribution >= 0.6 is 15.9 Å². The number of aliphatic hydroxyl groups excluding tert-OH is 1. The molecule has 0 saturated heterocycles. The van der Waals surface area contributed by atoms with Gasteiger partial charge in [-0.2, -0.15) is 0 Å². The number of halogens is 1. The van der Waals surface area contributed by atoms with Crippen molar-refractivity contribution in [1.82, 2.24) is 4.98 Å². The maximum Gasteiger partial charge on any atom is 0.121 e. The summed E-state index contributed by atoms with van der Waals surface area (Å²) in [6.07, 6.45) is -0.730. The van der Waals surface area contributed by atoms with Crippen LogP contribution in [0.15, 0.2) is 77.3 Å². The minimum atomic E-state index is -0.730. The molecule has 3 heteroatoms. The van der Waals surface area contributed by atoms with Crippen LogP contribution in [0.2, 0.25) is 0 Å². The van der Waals surface area contributed by atoms with Crippen molar-refractivity contribution in [3.63, 3.8) is 0 Å². The second-order valence-electron chi connectivity index (χ2n) is 4.77. The molecule has 3 aromatic rings. The van der Waals surface area contributed by atoms with Crippen LogP contribution < -0.4 is 0 Å². The van der Waals surface area contributed by atoms with Gasteiger partial charge in [0.15, 0.2) is 0 Å². The Labute approximate surface area is 132 Å². The molecular formula is C18H14BrNO. The highest BCUT2D eigenvalue weighted by atomic mass is 79.9. The summed E-state index contributed by atoms with van der Waals surface area (Å²) in [4.78, 5) is 4.58. The first kappa shape index (κ1) is 14.0. The zero-order valence-electron chi connectivity index (χ0n) is 11.3. The summed E-state index contributed by atoms with van der Waals surface area (Å²) >= 11 is 3.42. The van der Waals surface area contributed by atoms with Crippen molar-refractivity contribution in [1.29, 1.82) is 0 Å². The van der Waals surface area contributed by atoms with Crippen LogP contribution in [-0.2, 0) is 0 Å². The molecule has 0 aliphatic carbocycles. The van der Waals surface area contributed by atoms with Gasteiger partial charge in [-0.3, -0.25) is 0 Å². The van der Waals surface area contributed by atoms with E-state index in [1.54, 1.807) is 0 Å². The molecule has 104 valence electrons. The Hall–Kier alpha value is -1.97. The molecule has 1 heterocycles. The smallest absolute Gasteiger partial charge is 0.121 e. The van der Waals surface area contributed by atoms with E-state index in [-0.39, 0.29) is 0 Å².